The van der Waals surface area contributed by atoms with E-state index in [4.69, 9.17) is 4.98 Å². The first-order valence-corrected chi connectivity index (χ1v) is 12.0. The predicted octanol–water partition coefficient (Wildman–Crippen LogP) is 7.39. The summed E-state index contributed by atoms with van der Waals surface area (Å²) in [5, 5.41) is 2.97. The smallest absolute Gasteiger partial charge is 0.131 e. The lowest BCUT2D eigenvalue weighted by Gasteiger charge is -2.17. The van der Waals surface area contributed by atoms with Crippen molar-refractivity contribution in [1.82, 2.24) is 4.98 Å². The van der Waals surface area contributed by atoms with Gasteiger partial charge in [-0.3, -0.25) is 0 Å². The number of rotatable bonds is 8. The van der Waals surface area contributed by atoms with Gasteiger partial charge in [-0.15, -0.1) is 34.9 Å². The van der Waals surface area contributed by atoms with Crippen molar-refractivity contribution in [2.75, 3.05) is 5.75 Å². The van der Waals surface area contributed by atoms with Gasteiger partial charge in [-0.2, -0.15) is 11.8 Å². The third-order valence-electron chi connectivity index (χ3n) is 3.02. The molecule has 0 bridgehead atoms. The van der Waals surface area contributed by atoms with Crippen LogP contribution in [-0.2, 0) is 0 Å². The Labute approximate surface area is 163 Å². The monoisotopic (exact) mass is 397 g/mol. The first-order valence-electron chi connectivity index (χ1n) is 8.40. The molecule has 0 aliphatic rings. The van der Waals surface area contributed by atoms with Crippen molar-refractivity contribution in [1.29, 1.82) is 0 Å². The van der Waals surface area contributed by atoms with Crippen LogP contribution in [0.5, 0.6) is 0 Å². The van der Waals surface area contributed by atoms with Gasteiger partial charge in [0.25, 0.3) is 0 Å². The molecule has 1 heterocycles. The molecule has 0 N–H and O–H groups in total. The topological polar surface area (TPSA) is 12.9 Å². The molecule has 2 rings (SSSR count). The second kappa shape index (κ2) is 9.56. The second-order valence-electron chi connectivity index (χ2n) is 6.43. The quantitative estimate of drug-likeness (QED) is 0.460. The van der Waals surface area contributed by atoms with Gasteiger partial charge in [-0.05, 0) is 17.4 Å². The third-order valence-corrected chi connectivity index (χ3v) is 7.89. The Bertz CT molecular complexity index is 652. The minimum Gasteiger partial charge on any atom is -0.235 e. The lowest BCUT2D eigenvalue weighted by molar-refractivity contribution is 1.11. The number of nitrogens with zero attached hydrogens (tertiary/aromatic N) is 1. The van der Waals surface area contributed by atoms with E-state index in [-0.39, 0.29) is 0 Å². The number of para-hydroxylation sites is 1. The molecule has 1 aromatic heterocycles. The summed E-state index contributed by atoms with van der Waals surface area (Å²) in [6, 6.07) is 8.46. The highest BCUT2D eigenvalue weighted by atomic mass is 32.2. The molecular weight excluding hydrogens is 370 g/mol. The molecule has 2 aromatic rings. The molecule has 0 saturated heterocycles. The zero-order valence-electron chi connectivity index (χ0n) is 15.3. The Morgan fingerprint density at radius 1 is 0.958 bits per heavy atom. The minimum absolute atomic E-state index is 0.554. The van der Waals surface area contributed by atoms with E-state index in [1.807, 2.05) is 46.6 Å². The molecule has 0 saturated carbocycles. The van der Waals surface area contributed by atoms with Gasteiger partial charge >= 0.3 is 0 Å². The largest absolute Gasteiger partial charge is 0.235 e. The molecule has 0 amide bonds. The third kappa shape index (κ3) is 6.01. The average molecular weight is 398 g/mol. The molecule has 0 aliphatic carbocycles. The summed E-state index contributed by atoms with van der Waals surface area (Å²) >= 11 is 7.81. The van der Waals surface area contributed by atoms with Crippen LogP contribution in [0.4, 0.5) is 0 Å². The van der Waals surface area contributed by atoms with E-state index in [9.17, 15) is 0 Å². The maximum atomic E-state index is 4.94. The maximum Gasteiger partial charge on any atom is 0.131 e. The number of benzene rings is 1. The SMILES string of the molecule is CC(C)SC/C(SC(C)C)=C(/SC(C)C)c1nc2ccccc2s1. The maximum absolute atomic E-state index is 4.94. The van der Waals surface area contributed by atoms with Crippen LogP contribution >= 0.6 is 46.6 Å². The van der Waals surface area contributed by atoms with E-state index in [2.05, 4.69) is 65.8 Å². The van der Waals surface area contributed by atoms with Gasteiger partial charge in [0.1, 0.15) is 5.01 Å². The first-order chi connectivity index (χ1) is 11.4. The molecule has 1 aromatic carbocycles. The molecule has 5 heteroatoms. The van der Waals surface area contributed by atoms with Crippen LogP contribution in [0.2, 0.25) is 0 Å². The van der Waals surface area contributed by atoms with E-state index >= 15 is 0 Å². The fraction of sp³-hybridized carbons (Fsp3) is 0.526. The van der Waals surface area contributed by atoms with Gasteiger partial charge in [-0.25, -0.2) is 4.98 Å². The first kappa shape index (κ1) is 20.2. The highest BCUT2D eigenvalue weighted by molar-refractivity contribution is 8.12. The molecule has 1 nitrogen and oxygen atoms in total. The van der Waals surface area contributed by atoms with Gasteiger partial charge in [0.2, 0.25) is 0 Å². The molecule has 0 spiro atoms. The van der Waals surface area contributed by atoms with E-state index in [0.717, 1.165) is 11.3 Å². The number of hydrogen-bond acceptors (Lipinski definition) is 5. The van der Waals surface area contributed by atoms with E-state index in [0.29, 0.717) is 15.7 Å². The second-order valence-corrected chi connectivity index (χ2v) is 12.3. The zero-order chi connectivity index (χ0) is 17.7. The summed E-state index contributed by atoms with van der Waals surface area (Å²) in [6.45, 7) is 13.6. The Morgan fingerprint density at radius 3 is 2.21 bits per heavy atom. The van der Waals surface area contributed by atoms with Gasteiger partial charge in [0, 0.05) is 21.2 Å². The summed E-state index contributed by atoms with van der Waals surface area (Å²) < 4.78 is 1.28. The Hall–Kier alpha value is -0.100. The summed E-state index contributed by atoms with van der Waals surface area (Å²) in [7, 11) is 0. The number of aromatic nitrogens is 1. The van der Waals surface area contributed by atoms with Crippen LogP contribution in [0.3, 0.4) is 0 Å². The molecule has 132 valence electrons. The molecule has 0 fully saturated rings. The van der Waals surface area contributed by atoms with Crippen LogP contribution in [0.15, 0.2) is 29.2 Å². The van der Waals surface area contributed by atoms with Crippen molar-refractivity contribution in [3.63, 3.8) is 0 Å². The highest BCUT2D eigenvalue weighted by Gasteiger charge is 2.18. The molecule has 0 atom stereocenters. The molecule has 24 heavy (non-hydrogen) atoms. The van der Waals surface area contributed by atoms with Gasteiger partial charge in [0.15, 0.2) is 0 Å². The number of thioether (sulfide) groups is 3. The number of hydrogen-bond donors (Lipinski definition) is 0. The van der Waals surface area contributed by atoms with Crippen LogP contribution in [0.25, 0.3) is 15.1 Å². The normalized spacial score (nSPS) is 13.4. The van der Waals surface area contributed by atoms with Crippen LogP contribution in [-0.4, -0.2) is 26.5 Å². The fourth-order valence-electron chi connectivity index (χ4n) is 2.12. The molecular formula is C19H27NS4. The van der Waals surface area contributed by atoms with Crippen molar-refractivity contribution < 1.29 is 0 Å². The molecule has 0 aliphatic heterocycles. The summed E-state index contributed by atoms with van der Waals surface area (Å²) in [5.74, 6) is 1.07. The van der Waals surface area contributed by atoms with Gasteiger partial charge in [0.05, 0.1) is 15.1 Å². The van der Waals surface area contributed by atoms with Gasteiger partial charge < -0.3 is 0 Å². The molecule has 0 unspecified atom stereocenters. The standard InChI is InChI=1S/C19H27NS4/c1-12(2)21-11-17(22-13(3)4)18(23-14(5)6)19-20-15-9-7-8-10-16(15)24-19/h7-10,12-14H,11H2,1-6H3/b18-17-. The zero-order valence-corrected chi connectivity index (χ0v) is 18.6. The molecule has 0 radical (unpaired) electrons. The minimum atomic E-state index is 0.554. The Morgan fingerprint density at radius 2 is 1.62 bits per heavy atom. The Kier molecular flexibility index (Phi) is 8.05. The number of fused-ring (bicyclic) bond motifs is 1. The van der Waals surface area contributed by atoms with E-state index in [1.165, 1.54) is 19.5 Å². The predicted molar refractivity (Wildman–Crippen MR) is 120 cm³/mol. The van der Waals surface area contributed by atoms with Gasteiger partial charge in [-0.1, -0.05) is 53.7 Å². The van der Waals surface area contributed by atoms with Crippen LogP contribution < -0.4 is 0 Å². The highest BCUT2D eigenvalue weighted by Crippen LogP contribution is 2.43. The Balaban J connectivity index is 2.47. The number of thiazole rings is 1. The van der Waals surface area contributed by atoms with Crippen LogP contribution in [0.1, 0.15) is 46.6 Å². The van der Waals surface area contributed by atoms with E-state index < -0.39 is 0 Å². The van der Waals surface area contributed by atoms with Crippen molar-refractivity contribution in [2.45, 2.75) is 57.3 Å². The summed E-state index contributed by atoms with van der Waals surface area (Å²) in [5.41, 5.74) is 1.12. The lowest BCUT2D eigenvalue weighted by Crippen LogP contribution is -2.00. The van der Waals surface area contributed by atoms with E-state index in [1.54, 1.807) is 0 Å². The fourth-order valence-corrected chi connectivity index (χ4v) is 6.47. The lowest BCUT2D eigenvalue weighted by atomic mass is 10.3. The van der Waals surface area contributed by atoms with Crippen molar-refractivity contribution in [2.24, 2.45) is 0 Å². The van der Waals surface area contributed by atoms with Crippen molar-refractivity contribution >= 4 is 61.7 Å². The average Bonchev–Trinajstić information content (AvgIpc) is 2.92. The van der Waals surface area contributed by atoms with Crippen molar-refractivity contribution in [3.05, 3.63) is 34.2 Å². The van der Waals surface area contributed by atoms with Crippen molar-refractivity contribution in [3.8, 4) is 0 Å². The summed E-state index contributed by atoms with van der Waals surface area (Å²) in [6.07, 6.45) is 0. The van der Waals surface area contributed by atoms with Crippen LogP contribution in [0, 0.1) is 0 Å². The summed E-state index contributed by atoms with van der Waals surface area (Å²) in [4.78, 5) is 7.81.